The van der Waals surface area contributed by atoms with E-state index in [1.165, 1.54) is 0 Å². The third-order valence-electron chi connectivity index (χ3n) is 4.10. The minimum atomic E-state index is -4.77. The summed E-state index contributed by atoms with van der Waals surface area (Å²) in [5.41, 5.74) is -1.23. The highest BCUT2D eigenvalue weighted by molar-refractivity contribution is 7.89. The fourth-order valence-electron chi connectivity index (χ4n) is 2.78. The average Bonchev–Trinajstić information content (AvgIpc) is 2.45. The first kappa shape index (κ1) is 18.2. The lowest BCUT2D eigenvalue weighted by Gasteiger charge is -2.38. The molecule has 2 atom stereocenters. The highest BCUT2D eigenvalue weighted by atomic mass is 32.2. The molecule has 0 unspecified atom stereocenters. The zero-order valence-corrected chi connectivity index (χ0v) is 13.2. The van der Waals surface area contributed by atoms with E-state index in [0.717, 1.165) is 4.31 Å². The monoisotopic (exact) mass is 355 g/mol. The molecule has 1 heterocycles. The van der Waals surface area contributed by atoms with Crippen molar-refractivity contribution in [3.05, 3.63) is 29.6 Å². The Morgan fingerprint density at radius 1 is 1.35 bits per heavy atom. The van der Waals surface area contributed by atoms with Gasteiger partial charge in [0.15, 0.2) is 0 Å². The molecule has 1 aliphatic rings. The van der Waals surface area contributed by atoms with Crippen molar-refractivity contribution in [3.63, 3.8) is 0 Å². The number of hydrogen-bond donors (Lipinski definition) is 1. The van der Waals surface area contributed by atoms with Crippen LogP contribution in [0.1, 0.15) is 25.3 Å². The van der Waals surface area contributed by atoms with Gasteiger partial charge in [0, 0.05) is 6.54 Å². The van der Waals surface area contributed by atoms with Crippen LogP contribution in [-0.2, 0) is 16.2 Å². The lowest BCUT2D eigenvalue weighted by atomic mass is 9.93. The molecule has 9 heteroatoms. The second-order valence-electron chi connectivity index (χ2n) is 5.63. The van der Waals surface area contributed by atoms with Crippen LogP contribution in [0.5, 0.6) is 0 Å². The third-order valence-corrected chi connectivity index (χ3v) is 6.04. The van der Waals surface area contributed by atoms with Crippen molar-refractivity contribution < 1.29 is 31.1 Å². The van der Waals surface area contributed by atoms with Gasteiger partial charge in [0.25, 0.3) is 0 Å². The second-order valence-corrected chi connectivity index (χ2v) is 7.49. The number of aliphatic hydroxyl groups is 1. The summed E-state index contributed by atoms with van der Waals surface area (Å²) in [6.07, 6.45) is -3.59. The Morgan fingerprint density at radius 2 is 2.00 bits per heavy atom. The van der Waals surface area contributed by atoms with Gasteiger partial charge in [-0.25, -0.2) is 12.8 Å². The van der Waals surface area contributed by atoms with Crippen LogP contribution in [0.25, 0.3) is 0 Å². The number of aliphatic hydroxyl groups excluding tert-OH is 1. The molecular weight excluding hydrogens is 338 g/mol. The van der Waals surface area contributed by atoms with Gasteiger partial charge in [0.1, 0.15) is 10.7 Å². The predicted octanol–water partition coefficient (Wildman–Crippen LogP) is 2.63. The van der Waals surface area contributed by atoms with Gasteiger partial charge in [-0.3, -0.25) is 0 Å². The van der Waals surface area contributed by atoms with E-state index in [2.05, 4.69) is 0 Å². The summed E-state index contributed by atoms with van der Waals surface area (Å²) < 4.78 is 78.3. The van der Waals surface area contributed by atoms with Gasteiger partial charge in [-0.2, -0.15) is 17.5 Å². The van der Waals surface area contributed by atoms with Crippen molar-refractivity contribution in [2.45, 2.75) is 36.9 Å². The highest BCUT2D eigenvalue weighted by Gasteiger charge is 2.39. The lowest BCUT2D eigenvalue weighted by Crippen LogP contribution is -2.49. The van der Waals surface area contributed by atoms with Crippen LogP contribution >= 0.6 is 0 Å². The van der Waals surface area contributed by atoms with Gasteiger partial charge >= 0.3 is 6.18 Å². The summed E-state index contributed by atoms with van der Waals surface area (Å²) in [4.78, 5) is -1.01. The molecule has 1 aromatic rings. The number of benzene rings is 1. The van der Waals surface area contributed by atoms with E-state index in [4.69, 9.17) is 0 Å². The third kappa shape index (κ3) is 3.51. The molecule has 1 saturated heterocycles. The predicted molar refractivity (Wildman–Crippen MR) is 74.6 cm³/mol. The summed E-state index contributed by atoms with van der Waals surface area (Å²) in [6.45, 7) is 1.31. The maximum atomic E-state index is 13.9. The molecule has 0 saturated carbocycles. The minimum Gasteiger partial charge on any atom is -0.395 e. The van der Waals surface area contributed by atoms with Crippen molar-refractivity contribution in [1.29, 1.82) is 0 Å². The Morgan fingerprint density at radius 3 is 2.57 bits per heavy atom. The quantitative estimate of drug-likeness (QED) is 0.848. The molecule has 23 heavy (non-hydrogen) atoms. The van der Waals surface area contributed by atoms with Crippen molar-refractivity contribution in [3.8, 4) is 0 Å². The van der Waals surface area contributed by atoms with Crippen LogP contribution in [-0.4, -0.2) is 37.0 Å². The van der Waals surface area contributed by atoms with Crippen LogP contribution in [0.2, 0.25) is 0 Å². The summed E-state index contributed by atoms with van der Waals surface area (Å²) in [7, 11) is -4.47. The fraction of sp³-hybridized carbons (Fsp3) is 0.571. The number of sulfonamides is 1. The van der Waals surface area contributed by atoms with Crippen LogP contribution in [0.4, 0.5) is 17.6 Å². The normalized spacial score (nSPS) is 23.9. The summed E-state index contributed by atoms with van der Waals surface area (Å²) in [5, 5.41) is 9.42. The van der Waals surface area contributed by atoms with Crippen molar-refractivity contribution >= 4 is 10.0 Å². The number of halogens is 4. The largest absolute Gasteiger partial charge is 0.416 e. The molecule has 0 aliphatic carbocycles. The van der Waals surface area contributed by atoms with E-state index >= 15 is 0 Å². The number of hydrogen-bond acceptors (Lipinski definition) is 3. The van der Waals surface area contributed by atoms with Crippen LogP contribution in [0.15, 0.2) is 23.1 Å². The molecule has 2 rings (SSSR count). The van der Waals surface area contributed by atoms with E-state index in [0.29, 0.717) is 31.0 Å². The van der Waals surface area contributed by atoms with Gasteiger partial charge in [0.05, 0.1) is 18.2 Å². The summed E-state index contributed by atoms with van der Waals surface area (Å²) >= 11 is 0. The fourth-order valence-corrected chi connectivity index (χ4v) is 4.63. The van der Waals surface area contributed by atoms with Crippen LogP contribution in [0.3, 0.4) is 0 Å². The van der Waals surface area contributed by atoms with E-state index in [1.54, 1.807) is 6.92 Å². The van der Waals surface area contributed by atoms with Gasteiger partial charge in [-0.05, 0) is 37.0 Å². The van der Waals surface area contributed by atoms with Gasteiger partial charge in [-0.1, -0.05) is 6.92 Å². The zero-order chi connectivity index (χ0) is 17.4. The maximum absolute atomic E-state index is 13.9. The Kier molecular flexibility index (Phi) is 5.03. The van der Waals surface area contributed by atoms with E-state index in [1.807, 2.05) is 0 Å². The zero-order valence-electron chi connectivity index (χ0n) is 12.3. The average molecular weight is 355 g/mol. The molecule has 0 spiro atoms. The number of alkyl halides is 3. The lowest BCUT2D eigenvalue weighted by molar-refractivity contribution is -0.137. The topological polar surface area (TPSA) is 57.6 Å². The van der Waals surface area contributed by atoms with Gasteiger partial charge in [-0.15, -0.1) is 0 Å². The first-order valence-corrected chi connectivity index (χ1v) is 8.52. The number of nitrogens with zero attached hydrogens (tertiary/aromatic N) is 1. The van der Waals surface area contributed by atoms with E-state index in [9.17, 15) is 31.1 Å². The van der Waals surface area contributed by atoms with Crippen molar-refractivity contribution in [1.82, 2.24) is 4.31 Å². The maximum Gasteiger partial charge on any atom is 0.416 e. The molecule has 0 bridgehead atoms. The first-order valence-electron chi connectivity index (χ1n) is 7.08. The molecule has 1 aliphatic heterocycles. The Balaban J connectivity index is 2.51. The molecule has 1 fully saturated rings. The highest BCUT2D eigenvalue weighted by Crippen LogP contribution is 2.34. The van der Waals surface area contributed by atoms with Gasteiger partial charge < -0.3 is 5.11 Å². The number of rotatable bonds is 3. The van der Waals surface area contributed by atoms with Crippen molar-refractivity contribution in [2.75, 3.05) is 13.2 Å². The molecule has 1 aromatic carbocycles. The Hall–Kier alpha value is -1.19. The Bertz CT molecular complexity index is 675. The Labute approximate surface area is 131 Å². The molecule has 0 aromatic heterocycles. The number of piperidine rings is 1. The van der Waals surface area contributed by atoms with E-state index in [-0.39, 0.29) is 12.5 Å². The molecular formula is C14H17F4NO3S. The smallest absolute Gasteiger partial charge is 0.395 e. The summed E-state index contributed by atoms with van der Waals surface area (Å²) in [5.74, 6) is -1.41. The second kappa shape index (κ2) is 6.37. The summed E-state index contributed by atoms with van der Waals surface area (Å²) in [6, 6.07) is 0.522. The molecule has 1 N–H and O–H groups in total. The van der Waals surface area contributed by atoms with Crippen molar-refractivity contribution in [2.24, 2.45) is 5.92 Å². The first-order chi connectivity index (χ1) is 10.6. The molecule has 130 valence electrons. The van der Waals surface area contributed by atoms with E-state index < -0.39 is 45.1 Å². The minimum absolute atomic E-state index is 0.0353. The van der Waals surface area contributed by atoms with Crippen LogP contribution in [0, 0.1) is 11.7 Å². The molecule has 4 nitrogen and oxygen atoms in total. The molecule has 0 amide bonds. The van der Waals surface area contributed by atoms with Gasteiger partial charge in [0.2, 0.25) is 10.0 Å². The van der Waals surface area contributed by atoms with Crippen LogP contribution < -0.4 is 0 Å². The molecule has 0 radical (unpaired) electrons. The SMILES string of the molecule is C[C@H]1CCCN(S(=O)(=O)c2cc(C(F)(F)F)ccc2F)[C@@H]1CO. The standard InChI is InChI=1S/C14H17F4NO3S/c1-9-3-2-6-19(12(9)8-20)23(21,22)13-7-10(14(16,17)18)4-5-11(13)15/h4-5,7,9,12,20H,2-3,6,8H2,1H3/t9-,12+/m0/s1.